The highest BCUT2D eigenvalue weighted by Gasteiger charge is 2.40. The Kier molecular flexibility index (Phi) is 3.84. The van der Waals surface area contributed by atoms with Crippen molar-refractivity contribution < 1.29 is 8.42 Å². The van der Waals surface area contributed by atoms with E-state index in [9.17, 15) is 8.42 Å². The average Bonchev–Trinajstić information content (AvgIpc) is 2.81. The number of nitrogens with one attached hydrogen (secondary N) is 1. The van der Waals surface area contributed by atoms with Gasteiger partial charge in [-0.1, -0.05) is 17.7 Å². The molecule has 2 saturated heterocycles. The van der Waals surface area contributed by atoms with Gasteiger partial charge in [0.1, 0.15) is 0 Å². The van der Waals surface area contributed by atoms with Crippen molar-refractivity contribution in [2.45, 2.75) is 44.6 Å². The second-order valence-corrected chi connectivity index (χ2v) is 8.39. The van der Waals surface area contributed by atoms with Crippen molar-refractivity contribution in [3.63, 3.8) is 0 Å². The van der Waals surface area contributed by atoms with Gasteiger partial charge in [0.25, 0.3) is 0 Å². The summed E-state index contributed by atoms with van der Waals surface area (Å²) >= 11 is 0. The van der Waals surface area contributed by atoms with Crippen LogP contribution in [0.1, 0.15) is 29.5 Å². The molecule has 0 saturated carbocycles. The number of nitrogens with zero attached hydrogens (tertiary/aromatic N) is 1. The highest BCUT2D eigenvalue weighted by Crippen LogP contribution is 2.32. The number of rotatable bonds is 2. The lowest BCUT2D eigenvalue weighted by atomic mass is 9.94. The third kappa shape index (κ3) is 2.62. The summed E-state index contributed by atoms with van der Waals surface area (Å²) < 4.78 is 27.7. The highest BCUT2D eigenvalue weighted by atomic mass is 32.2. The molecular weight excluding hydrogens is 284 g/mol. The molecule has 2 fully saturated rings. The van der Waals surface area contributed by atoms with E-state index < -0.39 is 10.0 Å². The molecule has 0 aromatic heterocycles. The van der Waals surface area contributed by atoms with Crippen LogP contribution in [0.25, 0.3) is 0 Å². The summed E-state index contributed by atoms with van der Waals surface area (Å²) in [6.45, 7) is 8.08. The molecule has 2 atom stereocenters. The van der Waals surface area contributed by atoms with E-state index in [1.807, 2.05) is 32.9 Å². The molecule has 116 valence electrons. The highest BCUT2D eigenvalue weighted by molar-refractivity contribution is 7.89. The van der Waals surface area contributed by atoms with Crippen LogP contribution in [-0.2, 0) is 10.0 Å². The molecule has 2 unspecified atom stereocenters. The van der Waals surface area contributed by atoms with E-state index in [-0.39, 0.29) is 0 Å². The van der Waals surface area contributed by atoms with E-state index in [2.05, 4.69) is 5.32 Å². The Balaban J connectivity index is 1.95. The number of aryl methyl sites for hydroxylation is 3. The monoisotopic (exact) mass is 308 g/mol. The van der Waals surface area contributed by atoms with Gasteiger partial charge in [-0.05, 0) is 57.2 Å². The summed E-state index contributed by atoms with van der Waals surface area (Å²) in [4.78, 5) is 0.506. The van der Waals surface area contributed by atoms with Gasteiger partial charge in [-0.25, -0.2) is 8.42 Å². The van der Waals surface area contributed by atoms with Crippen molar-refractivity contribution in [3.05, 3.63) is 28.8 Å². The molecule has 0 radical (unpaired) electrons. The fraction of sp³-hybridized carbons (Fsp3) is 0.625. The standard InChI is InChI=1S/C16H24N2O2S/c1-11-7-12(2)16(13(3)8-11)21(19,20)18-9-14-5-4-6-17-15(14)10-18/h7-8,14-15,17H,4-6,9-10H2,1-3H3. The lowest BCUT2D eigenvalue weighted by Crippen LogP contribution is -2.41. The predicted octanol–water partition coefficient (Wildman–Crippen LogP) is 1.98. The van der Waals surface area contributed by atoms with Gasteiger partial charge in [-0.15, -0.1) is 0 Å². The quantitative estimate of drug-likeness (QED) is 0.909. The van der Waals surface area contributed by atoms with Crippen LogP contribution >= 0.6 is 0 Å². The maximum absolute atomic E-state index is 13.0. The molecule has 1 aromatic carbocycles. The molecule has 4 nitrogen and oxygen atoms in total. The van der Waals surface area contributed by atoms with Crippen molar-refractivity contribution in [2.75, 3.05) is 19.6 Å². The average molecular weight is 308 g/mol. The summed E-state index contributed by atoms with van der Waals surface area (Å²) in [5.41, 5.74) is 2.83. The Morgan fingerprint density at radius 3 is 2.43 bits per heavy atom. The number of piperidine rings is 1. The van der Waals surface area contributed by atoms with Gasteiger partial charge in [0.15, 0.2) is 0 Å². The summed E-state index contributed by atoms with van der Waals surface area (Å²) in [5, 5.41) is 3.47. The molecule has 2 aliphatic rings. The largest absolute Gasteiger partial charge is 0.312 e. The van der Waals surface area contributed by atoms with Crippen LogP contribution in [-0.4, -0.2) is 38.4 Å². The Morgan fingerprint density at radius 2 is 1.81 bits per heavy atom. The molecule has 0 amide bonds. The van der Waals surface area contributed by atoms with Gasteiger partial charge in [-0.3, -0.25) is 0 Å². The molecule has 2 aliphatic heterocycles. The Bertz CT molecular complexity index is 617. The smallest absolute Gasteiger partial charge is 0.243 e. The van der Waals surface area contributed by atoms with Gasteiger partial charge in [0.2, 0.25) is 10.0 Å². The second kappa shape index (κ2) is 5.38. The fourth-order valence-corrected chi connectivity index (χ4v) is 5.84. The van der Waals surface area contributed by atoms with E-state index in [1.165, 1.54) is 0 Å². The van der Waals surface area contributed by atoms with Crippen LogP contribution in [0.2, 0.25) is 0 Å². The van der Waals surface area contributed by atoms with Crippen LogP contribution in [0.3, 0.4) is 0 Å². The minimum atomic E-state index is -3.38. The van der Waals surface area contributed by atoms with Crippen LogP contribution in [0.15, 0.2) is 17.0 Å². The lowest BCUT2D eigenvalue weighted by Gasteiger charge is -2.24. The predicted molar refractivity (Wildman–Crippen MR) is 83.9 cm³/mol. The molecule has 2 heterocycles. The third-order valence-electron chi connectivity index (χ3n) is 4.77. The van der Waals surface area contributed by atoms with Crippen molar-refractivity contribution in [1.82, 2.24) is 9.62 Å². The summed E-state index contributed by atoms with van der Waals surface area (Å²) in [5.74, 6) is 0.472. The maximum atomic E-state index is 13.0. The minimum absolute atomic E-state index is 0.333. The number of benzene rings is 1. The van der Waals surface area contributed by atoms with Crippen LogP contribution < -0.4 is 5.32 Å². The molecule has 5 heteroatoms. The Hall–Kier alpha value is -0.910. The zero-order valence-corrected chi connectivity index (χ0v) is 13.8. The van der Waals surface area contributed by atoms with Gasteiger partial charge >= 0.3 is 0 Å². The van der Waals surface area contributed by atoms with Crippen molar-refractivity contribution in [2.24, 2.45) is 5.92 Å². The number of hydrogen-bond acceptors (Lipinski definition) is 3. The van der Waals surface area contributed by atoms with E-state index in [1.54, 1.807) is 4.31 Å². The summed E-state index contributed by atoms with van der Waals surface area (Å²) in [7, 11) is -3.38. The van der Waals surface area contributed by atoms with E-state index in [0.29, 0.717) is 29.9 Å². The van der Waals surface area contributed by atoms with Gasteiger partial charge < -0.3 is 5.32 Å². The van der Waals surface area contributed by atoms with Crippen LogP contribution in [0, 0.1) is 26.7 Å². The van der Waals surface area contributed by atoms with Gasteiger partial charge in [0, 0.05) is 19.1 Å². The second-order valence-electron chi connectivity index (χ2n) is 6.51. The number of sulfonamides is 1. The molecule has 0 aliphatic carbocycles. The van der Waals surface area contributed by atoms with Crippen molar-refractivity contribution in [3.8, 4) is 0 Å². The zero-order valence-electron chi connectivity index (χ0n) is 13.0. The number of fused-ring (bicyclic) bond motifs is 1. The fourth-order valence-electron chi connectivity index (χ4n) is 3.91. The van der Waals surface area contributed by atoms with Gasteiger partial charge in [-0.2, -0.15) is 4.31 Å². The lowest BCUT2D eigenvalue weighted by molar-refractivity contribution is 0.339. The zero-order chi connectivity index (χ0) is 15.2. The molecule has 3 rings (SSSR count). The van der Waals surface area contributed by atoms with Crippen molar-refractivity contribution >= 4 is 10.0 Å². The molecule has 0 spiro atoms. The first-order valence-corrected chi connectivity index (χ1v) is 9.15. The Labute approximate surface area is 127 Å². The van der Waals surface area contributed by atoms with E-state index >= 15 is 0 Å². The van der Waals surface area contributed by atoms with Gasteiger partial charge in [0.05, 0.1) is 4.90 Å². The molecule has 1 aromatic rings. The van der Waals surface area contributed by atoms with Crippen molar-refractivity contribution in [1.29, 1.82) is 0 Å². The Morgan fingerprint density at radius 1 is 1.14 bits per heavy atom. The molecular formula is C16H24N2O2S. The third-order valence-corrected chi connectivity index (χ3v) is 6.91. The normalized spacial score (nSPS) is 26.8. The summed E-state index contributed by atoms with van der Waals surface area (Å²) in [6.07, 6.45) is 2.28. The minimum Gasteiger partial charge on any atom is -0.312 e. The summed E-state index contributed by atoms with van der Waals surface area (Å²) in [6, 6.07) is 4.25. The molecule has 0 bridgehead atoms. The first-order chi connectivity index (χ1) is 9.89. The van der Waals surface area contributed by atoms with Crippen LogP contribution in [0.4, 0.5) is 0 Å². The SMILES string of the molecule is Cc1cc(C)c(S(=O)(=O)N2CC3CCCNC3C2)c(C)c1. The van der Waals surface area contributed by atoms with Crippen LogP contribution in [0.5, 0.6) is 0 Å². The topological polar surface area (TPSA) is 49.4 Å². The van der Waals surface area contributed by atoms with E-state index in [4.69, 9.17) is 0 Å². The van der Waals surface area contributed by atoms with E-state index in [0.717, 1.165) is 36.1 Å². The molecule has 21 heavy (non-hydrogen) atoms. The molecule has 1 N–H and O–H groups in total. The maximum Gasteiger partial charge on any atom is 0.243 e. The number of hydrogen-bond donors (Lipinski definition) is 1. The first kappa shape index (κ1) is 15.0. The first-order valence-electron chi connectivity index (χ1n) is 7.71.